The molecule has 1 aromatic rings. The summed E-state index contributed by atoms with van der Waals surface area (Å²) >= 11 is 0. The molecule has 3 heteroatoms. The summed E-state index contributed by atoms with van der Waals surface area (Å²) in [5.74, 6) is 1.40. The first kappa shape index (κ1) is 14.8. The van der Waals surface area contributed by atoms with Crippen molar-refractivity contribution in [1.29, 1.82) is 0 Å². The van der Waals surface area contributed by atoms with Gasteiger partial charge in [-0.15, -0.1) is 0 Å². The lowest BCUT2D eigenvalue weighted by atomic mass is 9.99. The highest BCUT2D eigenvalue weighted by Crippen LogP contribution is 2.31. The number of aliphatic hydroxyl groups excluding tert-OH is 1. The third kappa shape index (κ3) is 3.91. The number of aliphatic hydroxyl groups is 1. The van der Waals surface area contributed by atoms with E-state index in [4.69, 9.17) is 9.84 Å². The number of ether oxygens (including phenoxy) is 1. The van der Waals surface area contributed by atoms with Gasteiger partial charge in [0, 0.05) is 18.8 Å². The number of hydrogen-bond donors (Lipinski definition) is 2. The van der Waals surface area contributed by atoms with E-state index in [1.165, 1.54) is 11.1 Å². The van der Waals surface area contributed by atoms with Crippen LogP contribution in [0.15, 0.2) is 12.1 Å². The van der Waals surface area contributed by atoms with Gasteiger partial charge in [0.2, 0.25) is 0 Å². The fourth-order valence-electron chi connectivity index (χ4n) is 1.98. The average Bonchev–Trinajstić information content (AvgIpc) is 2.35. The zero-order valence-electron chi connectivity index (χ0n) is 11.9. The Kier molecular flexibility index (Phi) is 5.99. The number of aryl methyl sites for hydroxylation is 1. The van der Waals surface area contributed by atoms with Crippen molar-refractivity contribution in [2.75, 3.05) is 25.6 Å². The number of rotatable bonds is 7. The summed E-state index contributed by atoms with van der Waals surface area (Å²) in [6, 6.07) is 4.27. The predicted molar refractivity (Wildman–Crippen MR) is 76.6 cm³/mol. The van der Waals surface area contributed by atoms with Crippen molar-refractivity contribution in [2.24, 2.45) is 0 Å². The van der Waals surface area contributed by atoms with Crippen LogP contribution in [-0.2, 0) is 0 Å². The minimum absolute atomic E-state index is 0.264. The standard InChI is InChI=1S/C15H25NO2/c1-11(2)13-10-14(16-7-5-6-8-17)12(3)9-15(13)18-4/h9-11,16-17H,5-8H2,1-4H3. The van der Waals surface area contributed by atoms with Gasteiger partial charge in [0.25, 0.3) is 0 Å². The Labute approximate surface area is 110 Å². The minimum Gasteiger partial charge on any atom is -0.496 e. The SMILES string of the molecule is COc1cc(C)c(NCCCCO)cc1C(C)C. The van der Waals surface area contributed by atoms with Crippen LogP contribution in [0, 0.1) is 6.92 Å². The van der Waals surface area contributed by atoms with Gasteiger partial charge in [-0.25, -0.2) is 0 Å². The van der Waals surface area contributed by atoms with E-state index in [1.807, 2.05) is 0 Å². The number of benzene rings is 1. The number of unbranched alkanes of at least 4 members (excludes halogenated alkanes) is 1. The fraction of sp³-hybridized carbons (Fsp3) is 0.600. The predicted octanol–water partition coefficient (Wildman–Crippen LogP) is 3.31. The van der Waals surface area contributed by atoms with E-state index in [9.17, 15) is 0 Å². The number of hydrogen-bond acceptors (Lipinski definition) is 3. The van der Waals surface area contributed by atoms with Crippen LogP contribution in [0.4, 0.5) is 5.69 Å². The van der Waals surface area contributed by atoms with E-state index in [2.05, 4.69) is 38.2 Å². The lowest BCUT2D eigenvalue weighted by Gasteiger charge is -2.17. The number of nitrogens with one attached hydrogen (secondary N) is 1. The van der Waals surface area contributed by atoms with Crippen LogP contribution in [0.3, 0.4) is 0 Å². The van der Waals surface area contributed by atoms with Gasteiger partial charge in [-0.3, -0.25) is 0 Å². The van der Waals surface area contributed by atoms with Gasteiger partial charge in [0.1, 0.15) is 5.75 Å². The average molecular weight is 251 g/mol. The molecule has 102 valence electrons. The van der Waals surface area contributed by atoms with Crippen LogP contribution in [0.25, 0.3) is 0 Å². The molecule has 0 heterocycles. The van der Waals surface area contributed by atoms with Crippen molar-refractivity contribution in [2.45, 2.75) is 39.5 Å². The number of methoxy groups -OCH3 is 1. The zero-order chi connectivity index (χ0) is 13.5. The molecule has 0 atom stereocenters. The molecule has 0 saturated heterocycles. The molecule has 0 aliphatic carbocycles. The fourth-order valence-corrected chi connectivity index (χ4v) is 1.98. The Hall–Kier alpha value is -1.22. The lowest BCUT2D eigenvalue weighted by Crippen LogP contribution is -2.05. The molecule has 0 aromatic heterocycles. The molecule has 0 aliphatic rings. The molecule has 1 rings (SSSR count). The molecular formula is C15H25NO2. The second kappa shape index (κ2) is 7.27. The molecule has 3 nitrogen and oxygen atoms in total. The van der Waals surface area contributed by atoms with Crippen molar-refractivity contribution in [3.8, 4) is 5.75 Å². The van der Waals surface area contributed by atoms with E-state index in [0.717, 1.165) is 30.8 Å². The van der Waals surface area contributed by atoms with Gasteiger partial charge in [-0.2, -0.15) is 0 Å². The van der Waals surface area contributed by atoms with Crippen molar-refractivity contribution < 1.29 is 9.84 Å². The highest BCUT2D eigenvalue weighted by atomic mass is 16.5. The molecule has 0 bridgehead atoms. The van der Waals surface area contributed by atoms with Crippen LogP contribution in [0.2, 0.25) is 0 Å². The molecule has 0 spiro atoms. The first-order valence-electron chi connectivity index (χ1n) is 6.63. The molecule has 0 unspecified atom stereocenters. The Morgan fingerprint density at radius 3 is 2.56 bits per heavy atom. The smallest absolute Gasteiger partial charge is 0.122 e. The summed E-state index contributed by atoms with van der Waals surface area (Å²) in [6.07, 6.45) is 1.83. The summed E-state index contributed by atoms with van der Waals surface area (Å²) < 4.78 is 5.42. The largest absolute Gasteiger partial charge is 0.496 e. The molecule has 2 N–H and O–H groups in total. The van der Waals surface area contributed by atoms with Crippen molar-refractivity contribution in [3.05, 3.63) is 23.3 Å². The van der Waals surface area contributed by atoms with Gasteiger partial charge >= 0.3 is 0 Å². The number of anilines is 1. The van der Waals surface area contributed by atoms with Gasteiger partial charge in [-0.1, -0.05) is 13.8 Å². The minimum atomic E-state index is 0.264. The quantitative estimate of drug-likeness (QED) is 0.730. The van der Waals surface area contributed by atoms with Crippen LogP contribution in [0.5, 0.6) is 5.75 Å². The first-order valence-corrected chi connectivity index (χ1v) is 6.63. The lowest BCUT2D eigenvalue weighted by molar-refractivity contribution is 0.286. The van der Waals surface area contributed by atoms with E-state index in [1.54, 1.807) is 7.11 Å². The van der Waals surface area contributed by atoms with E-state index in [-0.39, 0.29) is 6.61 Å². The molecule has 0 saturated carbocycles. The van der Waals surface area contributed by atoms with Gasteiger partial charge in [0.15, 0.2) is 0 Å². The zero-order valence-corrected chi connectivity index (χ0v) is 11.9. The molecule has 0 radical (unpaired) electrons. The van der Waals surface area contributed by atoms with Crippen LogP contribution in [-0.4, -0.2) is 25.4 Å². The van der Waals surface area contributed by atoms with Crippen LogP contribution in [0.1, 0.15) is 43.7 Å². The van der Waals surface area contributed by atoms with E-state index in [0.29, 0.717) is 5.92 Å². The third-order valence-electron chi connectivity index (χ3n) is 3.10. The van der Waals surface area contributed by atoms with Crippen LogP contribution < -0.4 is 10.1 Å². The van der Waals surface area contributed by atoms with Crippen molar-refractivity contribution in [3.63, 3.8) is 0 Å². The molecule has 1 aromatic carbocycles. The highest BCUT2D eigenvalue weighted by Gasteiger charge is 2.10. The first-order chi connectivity index (χ1) is 8.60. The van der Waals surface area contributed by atoms with Crippen LogP contribution >= 0.6 is 0 Å². The second-order valence-electron chi connectivity index (χ2n) is 4.92. The van der Waals surface area contributed by atoms with Crippen molar-refractivity contribution in [1.82, 2.24) is 0 Å². The maximum absolute atomic E-state index is 8.76. The maximum atomic E-state index is 8.76. The summed E-state index contributed by atoms with van der Waals surface area (Å²) in [7, 11) is 1.72. The summed E-state index contributed by atoms with van der Waals surface area (Å²) in [5, 5.41) is 12.2. The van der Waals surface area contributed by atoms with E-state index < -0.39 is 0 Å². The topological polar surface area (TPSA) is 41.5 Å². The summed E-state index contributed by atoms with van der Waals surface area (Å²) in [6.45, 7) is 7.58. The Morgan fingerprint density at radius 2 is 2.00 bits per heavy atom. The monoisotopic (exact) mass is 251 g/mol. The highest BCUT2D eigenvalue weighted by molar-refractivity contribution is 5.58. The Bertz CT molecular complexity index is 375. The molecule has 0 fully saturated rings. The Balaban J connectivity index is 2.81. The van der Waals surface area contributed by atoms with Gasteiger partial charge in [-0.05, 0) is 48.9 Å². The third-order valence-corrected chi connectivity index (χ3v) is 3.10. The second-order valence-corrected chi connectivity index (χ2v) is 4.92. The summed E-state index contributed by atoms with van der Waals surface area (Å²) in [4.78, 5) is 0. The van der Waals surface area contributed by atoms with E-state index >= 15 is 0 Å². The van der Waals surface area contributed by atoms with Crippen molar-refractivity contribution >= 4 is 5.69 Å². The Morgan fingerprint density at radius 1 is 1.28 bits per heavy atom. The molecule has 0 aliphatic heterocycles. The molecule has 0 amide bonds. The maximum Gasteiger partial charge on any atom is 0.122 e. The van der Waals surface area contributed by atoms with Gasteiger partial charge in [0.05, 0.1) is 7.11 Å². The summed E-state index contributed by atoms with van der Waals surface area (Å²) in [5.41, 5.74) is 3.59. The molecule has 18 heavy (non-hydrogen) atoms. The molecular weight excluding hydrogens is 226 g/mol. The normalized spacial score (nSPS) is 10.8. The van der Waals surface area contributed by atoms with Gasteiger partial charge < -0.3 is 15.2 Å².